The third-order valence-electron chi connectivity index (χ3n) is 4.13. The lowest BCUT2D eigenvalue weighted by molar-refractivity contribution is -0.140. The van der Waals surface area contributed by atoms with Crippen LogP contribution in [0.2, 0.25) is 0 Å². The molecule has 1 fully saturated rings. The van der Waals surface area contributed by atoms with E-state index in [9.17, 15) is 18.3 Å². The van der Waals surface area contributed by atoms with Crippen LogP contribution in [0.15, 0.2) is 22.5 Å². The van der Waals surface area contributed by atoms with Crippen LogP contribution in [0.25, 0.3) is 10.2 Å². The second-order valence-corrected chi connectivity index (χ2v) is 8.38. The fraction of sp³-hybridized carbons (Fsp3) is 0.429. The molecule has 8 heteroatoms. The molecular formula is C14H16N2O4S2. The predicted molar refractivity (Wildman–Crippen MR) is 83.3 cm³/mol. The lowest BCUT2D eigenvalue weighted by Gasteiger charge is -2.19. The molecule has 0 spiro atoms. The average Bonchev–Trinajstić information content (AvgIpc) is 3.05. The van der Waals surface area contributed by atoms with Gasteiger partial charge in [-0.1, -0.05) is 18.9 Å². The zero-order chi connectivity index (χ0) is 15.9. The third-order valence-corrected chi connectivity index (χ3v) is 6.49. The van der Waals surface area contributed by atoms with E-state index in [1.165, 1.54) is 0 Å². The van der Waals surface area contributed by atoms with E-state index in [2.05, 4.69) is 4.98 Å². The van der Waals surface area contributed by atoms with Gasteiger partial charge < -0.3 is 5.11 Å². The van der Waals surface area contributed by atoms with Crippen molar-refractivity contribution in [3.63, 3.8) is 0 Å². The highest BCUT2D eigenvalue weighted by molar-refractivity contribution is 7.91. The van der Waals surface area contributed by atoms with Crippen LogP contribution in [0.5, 0.6) is 0 Å². The smallest absolute Gasteiger partial charge is 0.311 e. The number of nitrogens with two attached hydrogens (primary N) is 1. The SMILES string of the molecule is NS(=O)(=O)c1nc2cc(C(C(=O)O)C3CCCC3)ccc2s1. The van der Waals surface area contributed by atoms with Crippen molar-refractivity contribution in [3.8, 4) is 0 Å². The van der Waals surface area contributed by atoms with Gasteiger partial charge in [-0.3, -0.25) is 4.79 Å². The molecule has 1 saturated carbocycles. The summed E-state index contributed by atoms with van der Waals surface area (Å²) in [4.78, 5) is 15.7. The molecule has 0 bridgehead atoms. The topological polar surface area (TPSA) is 110 Å². The first-order valence-electron chi connectivity index (χ1n) is 7.02. The van der Waals surface area contributed by atoms with Crippen LogP contribution in [0.3, 0.4) is 0 Å². The van der Waals surface area contributed by atoms with E-state index < -0.39 is 21.9 Å². The number of benzene rings is 1. The van der Waals surface area contributed by atoms with Crippen molar-refractivity contribution in [3.05, 3.63) is 23.8 Å². The highest BCUT2D eigenvalue weighted by Crippen LogP contribution is 2.38. The van der Waals surface area contributed by atoms with E-state index in [-0.39, 0.29) is 10.3 Å². The molecule has 1 aliphatic carbocycles. The summed E-state index contributed by atoms with van der Waals surface area (Å²) in [7, 11) is -3.84. The summed E-state index contributed by atoms with van der Waals surface area (Å²) in [6.45, 7) is 0. The summed E-state index contributed by atoms with van der Waals surface area (Å²) in [6.07, 6.45) is 3.94. The molecule has 118 valence electrons. The Morgan fingerprint density at radius 3 is 2.64 bits per heavy atom. The Labute approximate surface area is 132 Å². The van der Waals surface area contributed by atoms with Gasteiger partial charge in [0.05, 0.1) is 16.1 Å². The number of fused-ring (bicyclic) bond motifs is 1. The maximum atomic E-state index is 11.7. The predicted octanol–water partition coefficient (Wildman–Crippen LogP) is 2.30. The quantitative estimate of drug-likeness (QED) is 0.887. The number of nitrogens with zero attached hydrogens (tertiary/aromatic N) is 1. The first kappa shape index (κ1) is 15.4. The Morgan fingerprint density at radius 2 is 2.05 bits per heavy atom. The van der Waals surface area contributed by atoms with Crippen LogP contribution in [-0.2, 0) is 14.8 Å². The zero-order valence-electron chi connectivity index (χ0n) is 11.7. The first-order chi connectivity index (χ1) is 10.4. The molecule has 3 rings (SSSR count). The molecule has 1 aromatic heterocycles. The summed E-state index contributed by atoms with van der Waals surface area (Å²) in [5, 5.41) is 14.7. The van der Waals surface area contributed by atoms with Crippen molar-refractivity contribution in [1.82, 2.24) is 4.98 Å². The minimum atomic E-state index is -3.84. The standard InChI is InChI=1S/C14H16N2O4S2/c15-22(19,20)14-16-10-7-9(5-6-11(10)21-14)12(13(17)18)8-3-1-2-4-8/h5-8,12H,1-4H2,(H,17,18)(H2,15,19,20). The van der Waals surface area contributed by atoms with E-state index in [1.54, 1.807) is 18.2 Å². The number of sulfonamides is 1. The molecule has 1 atom stereocenters. The second kappa shape index (κ2) is 5.60. The van der Waals surface area contributed by atoms with Crippen LogP contribution in [0.1, 0.15) is 37.2 Å². The molecule has 0 amide bonds. The van der Waals surface area contributed by atoms with E-state index in [4.69, 9.17) is 5.14 Å². The van der Waals surface area contributed by atoms with Crippen molar-refractivity contribution >= 4 is 37.5 Å². The van der Waals surface area contributed by atoms with Gasteiger partial charge in [0.2, 0.25) is 4.34 Å². The van der Waals surface area contributed by atoms with E-state index in [0.717, 1.165) is 37.0 Å². The van der Waals surface area contributed by atoms with Gasteiger partial charge in [0, 0.05) is 0 Å². The molecule has 2 aromatic rings. The van der Waals surface area contributed by atoms with Crippen LogP contribution in [-0.4, -0.2) is 24.5 Å². The molecule has 0 aliphatic heterocycles. The molecule has 3 N–H and O–H groups in total. The van der Waals surface area contributed by atoms with Gasteiger partial charge in [-0.2, -0.15) is 0 Å². The molecule has 0 radical (unpaired) electrons. The number of carboxylic acids is 1. The van der Waals surface area contributed by atoms with Gasteiger partial charge in [0.1, 0.15) is 0 Å². The minimum Gasteiger partial charge on any atom is -0.481 e. The van der Waals surface area contributed by atoms with Crippen molar-refractivity contribution in [2.24, 2.45) is 11.1 Å². The summed E-state index contributed by atoms with van der Waals surface area (Å²) in [5.41, 5.74) is 1.16. The lowest BCUT2D eigenvalue weighted by Crippen LogP contribution is -2.19. The third kappa shape index (κ3) is 2.86. The summed E-state index contributed by atoms with van der Waals surface area (Å²) < 4.78 is 23.3. The van der Waals surface area contributed by atoms with Gasteiger partial charge in [-0.25, -0.2) is 18.5 Å². The van der Waals surface area contributed by atoms with Crippen LogP contribution >= 0.6 is 11.3 Å². The molecule has 0 saturated heterocycles. The maximum Gasteiger partial charge on any atom is 0.311 e. The summed E-state index contributed by atoms with van der Waals surface area (Å²) >= 11 is 0.994. The van der Waals surface area contributed by atoms with Crippen molar-refractivity contribution in [2.75, 3.05) is 0 Å². The van der Waals surface area contributed by atoms with Gasteiger partial charge in [-0.05, 0) is 36.5 Å². The number of thiazole rings is 1. The fourth-order valence-electron chi connectivity index (χ4n) is 3.15. The van der Waals surface area contributed by atoms with Crippen molar-refractivity contribution < 1.29 is 18.3 Å². The van der Waals surface area contributed by atoms with Crippen molar-refractivity contribution in [2.45, 2.75) is 35.9 Å². The average molecular weight is 340 g/mol. The Morgan fingerprint density at radius 1 is 1.36 bits per heavy atom. The van der Waals surface area contributed by atoms with Gasteiger partial charge in [0.15, 0.2) is 0 Å². The number of aromatic nitrogens is 1. The highest BCUT2D eigenvalue weighted by atomic mass is 32.2. The number of hydrogen-bond donors (Lipinski definition) is 2. The van der Waals surface area contributed by atoms with Gasteiger partial charge in [0.25, 0.3) is 10.0 Å². The zero-order valence-corrected chi connectivity index (χ0v) is 13.4. The minimum absolute atomic E-state index is 0.131. The Bertz CT molecular complexity index is 822. The van der Waals surface area contributed by atoms with Crippen molar-refractivity contribution in [1.29, 1.82) is 0 Å². The van der Waals surface area contributed by atoms with Crippen LogP contribution in [0, 0.1) is 5.92 Å². The highest BCUT2D eigenvalue weighted by Gasteiger charge is 2.32. The largest absolute Gasteiger partial charge is 0.481 e. The number of rotatable bonds is 4. The number of hydrogen-bond acceptors (Lipinski definition) is 5. The molecule has 1 aliphatic rings. The molecule has 22 heavy (non-hydrogen) atoms. The maximum absolute atomic E-state index is 11.7. The van der Waals surface area contributed by atoms with Crippen LogP contribution < -0.4 is 5.14 Å². The van der Waals surface area contributed by atoms with E-state index in [0.29, 0.717) is 15.8 Å². The Kier molecular flexibility index (Phi) is 3.92. The second-order valence-electron chi connectivity index (χ2n) is 5.61. The Hall–Kier alpha value is -1.51. The number of carbonyl (C=O) groups is 1. The molecule has 1 unspecified atom stereocenters. The molecule has 1 heterocycles. The van der Waals surface area contributed by atoms with Gasteiger partial charge in [-0.15, -0.1) is 11.3 Å². The van der Waals surface area contributed by atoms with Gasteiger partial charge >= 0.3 is 5.97 Å². The fourth-order valence-corrected chi connectivity index (χ4v) is 4.78. The molecular weight excluding hydrogens is 324 g/mol. The number of carboxylic acid groups (broad SMARTS) is 1. The normalized spacial score (nSPS) is 17.9. The molecule has 1 aromatic carbocycles. The number of aliphatic carboxylic acids is 1. The first-order valence-corrected chi connectivity index (χ1v) is 9.38. The van der Waals surface area contributed by atoms with Crippen LogP contribution in [0.4, 0.5) is 0 Å². The monoisotopic (exact) mass is 340 g/mol. The Balaban J connectivity index is 2.04. The van der Waals surface area contributed by atoms with E-state index in [1.807, 2.05) is 0 Å². The molecule has 6 nitrogen and oxygen atoms in total. The lowest BCUT2D eigenvalue weighted by atomic mass is 9.85. The van der Waals surface area contributed by atoms with E-state index >= 15 is 0 Å². The summed E-state index contributed by atoms with van der Waals surface area (Å²) in [6, 6.07) is 5.16. The summed E-state index contributed by atoms with van der Waals surface area (Å²) in [5.74, 6) is -1.27. The number of primary sulfonamides is 1.